The van der Waals surface area contributed by atoms with Crippen LogP contribution in [0.3, 0.4) is 0 Å². The van der Waals surface area contributed by atoms with Crippen LogP contribution < -0.4 is 14.8 Å². The van der Waals surface area contributed by atoms with Crippen molar-refractivity contribution in [3.8, 4) is 29.4 Å². The predicted molar refractivity (Wildman–Crippen MR) is 149 cm³/mol. The number of amides is 1. The van der Waals surface area contributed by atoms with Crippen molar-refractivity contribution in [2.75, 3.05) is 45.3 Å². The molecule has 2 heterocycles. The molecule has 1 aliphatic rings. The molecular formula is C31H32N4O4. The first-order valence-electron chi connectivity index (χ1n) is 13.0. The van der Waals surface area contributed by atoms with Gasteiger partial charge in [0.05, 0.1) is 12.2 Å². The van der Waals surface area contributed by atoms with Crippen molar-refractivity contribution in [1.82, 2.24) is 9.88 Å². The monoisotopic (exact) mass is 524 g/mol. The number of likely N-dealkylation sites (tertiary alicyclic amines) is 1. The van der Waals surface area contributed by atoms with Gasteiger partial charge in [0.25, 0.3) is 5.91 Å². The first-order valence-corrected chi connectivity index (χ1v) is 13.0. The van der Waals surface area contributed by atoms with E-state index in [0.29, 0.717) is 41.5 Å². The molecule has 0 radical (unpaired) electrons. The Morgan fingerprint density at radius 1 is 1.05 bits per heavy atom. The van der Waals surface area contributed by atoms with Gasteiger partial charge < -0.3 is 19.5 Å². The molecule has 8 heteroatoms. The van der Waals surface area contributed by atoms with E-state index in [1.165, 1.54) is 19.0 Å². The summed E-state index contributed by atoms with van der Waals surface area (Å²) >= 11 is 0. The van der Waals surface area contributed by atoms with Crippen molar-refractivity contribution in [3.05, 3.63) is 83.0 Å². The Morgan fingerprint density at radius 2 is 1.85 bits per heavy atom. The van der Waals surface area contributed by atoms with Crippen molar-refractivity contribution in [2.45, 2.75) is 25.9 Å². The zero-order valence-electron chi connectivity index (χ0n) is 22.3. The number of nitrogens with zero attached hydrogens (tertiary/aromatic N) is 3. The maximum absolute atomic E-state index is 13.0. The zero-order valence-corrected chi connectivity index (χ0v) is 22.3. The number of nitrogens with one attached hydrogen (secondary N) is 1. The molecule has 200 valence electrons. The average molecular weight is 525 g/mol. The van der Waals surface area contributed by atoms with E-state index >= 15 is 0 Å². The van der Waals surface area contributed by atoms with Gasteiger partial charge in [0, 0.05) is 36.5 Å². The van der Waals surface area contributed by atoms with E-state index in [0.717, 1.165) is 30.9 Å². The molecule has 3 aromatic rings. The van der Waals surface area contributed by atoms with Crippen LogP contribution in [0.2, 0.25) is 0 Å². The van der Waals surface area contributed by atoms with Crippen LogP contribution in [0, 0.1) is 23.2 Å². The number of benzene rings is 2. The van der Waals surface area contributed by atoms with Gasteiger partial charge in [-0.3, -0.25) is 9.69 Å². The molecule has 0 aliphatic carbocycles. The molecule has 1 aliphatic heterocycles. The Bertz CT molecular complexity index is 1370. The molecule has 0 bridgehead atoms. The quantitative estimate of drug-likeness (QED) is 0.390. The standard InChI is InChI=1S/C31H32N4O4/c1-23(22-37-2)39-29-18-25(16-27(19-29)31(36)34-30-11-10-26(20-32)21-33-30)9-8-24-6-5-7-28(17-24)38-15-14-35-12-3-4-13-35/h5-7,10-11,16-19,21,23H,3-4,12-15,22H2,1-2H3,(H,33,34,36)/t23-/m0/s1. The topological polar surface area (TPSA) is 96.7 Å². The van der Waals surface area contributed by atoms with Gasteiger partial charge >= 0.3 is 0 Å². The predicted octanol–water partition coefficient (Wildman–Crippen LogP) is 4.49. The minimum absolute atomic E-state index is 0.219. The fourth-order valence-corrected chi connectivity index (χ4v) is 4.20. The molecule has 2 aromatic carbocycles. The van der Waals surface area contributed by atoms with Gasteiger partial charge in [-0.05, 0) is 81.4 Å². The van der Waals surface area contributed by atoms with Gasteiger partial charge in [-0.25, -0.2) is 4.98 Å². The summed E-state index contributed by atoms with van der Waals surface area (Å²) in [5, 5.41) is 11.7. The molecule has 1 saturated heterocycles. The van der Waals surface area contributed by atoms with Crippen molar-refractivity contribution < 1.29 is 19.0 Å². The summed E-state index contributed by atoms with van der Waals surface area (Å²) in [7, 11) is 1.61. The van der Waals surface area contributed by atoms with Crippen LogP contribution in [0.5, 0.6) is 11.5 Å². The third kappa shape index (κ3) is 8.58. The highest BCUT2D eigenvalue weighted by molar-refractivity contribution is 6.04. The summed E-state index contributed by atoms with van der Waals surface area (Å²) in [5.41, 5.74) is 2.21. The highest BCUT2D eigenvalue weighted by Crippen LogP contribution is 2.20. The van der Waals surface area contributed by atoms with E-state index in [-0.39, 0.29) is 12.0 Å². The van der Waals surface area contributed by atoms with E-state index in [9.17, 15) is 4.79 Å². The van der Waals surface area contributed by atoms with Crippen LogP contribution in [0.1, 0.15) is 46.8 Å². The molecule has 0 unspecified atom stereocenters. The Hall–Kier alpha value is -4.37. The Kier molecular flexibility index (Phi) is 9.91. The second-order valence-corrected chi connectivity index (χ2v) is 9.30. The smallest absolute Gasteiger partial charge is 0.256 e. The normalized spacial score (nSPS) is 13.6. The van der Waals surface area contributed by atoms with Crippen molar-refractivity contribution in [1.29, 1.82) is 5.26 Å². The number of pyridine rings is 1. The minimum Gasteiger partial charge on any atom is -0.492 e. The lowest BCUT2D eigenvalue weighted by molar-refractivity contribution is 0.0917. The van der Waals surface area contributed by atoms with Gasteiger partial charge in [-0.2, -0.15) is 5.26 Å². The van der Waals surface area contributed by atoms with E-state index in [1.54, 1.807) is 37.4 Å². The van der Waals surface area contributed by atoms with Gasteiger partial charge in [0.2, 0.25) is 0 Å². The maximum atomic E-state index is 13.0. The van der Waals surface area contributed by atoms with Crippen molar-refractivity contribution >= 4 is 11.7 Å². The summed E-state index contributed by atoms with van der Waals surface area (Å²) in [6.45, 7) is 6.14. The Morgan fingerprint density at radius 3 is 2.59 bits per heavy atom. The van der Waals surface area contributed by atoms with Gasteiger partial charge in [0.15, 0.2) is 0 Å². The van der Waals surface area contributed by atoms with Crippen LogP contribution in [-0.4, -0.2) is 61.9 Å². The maximum Gasteiger partial charge on any atom is 0.256 e. The zero-order chi connectivity index (χ0) is 27.5. The van der Waals surface area contributed by atoms with Gasteiger partial charge in [-0.15, -0.1) is 0 Å². The number of ether oxygens (including phenoxy) is 3. The number of rotatable bonds is 10. The summed E-state index contributed by atoms with van der Waals surface area (Å²) in [5.74, 6) is 7.58. The lowest BCUT2D eigenvalue weighted by Gasteiger charge is -2.15. The number of anilines is 1. The van der Waals surface area contributed by atoms with Gasteiger partial charge in [-0.1, -0.05) is 17.9 Å². The van der Waals surface area contributed by atoms with Crippen molar-refractivity contribution in [2.24, 2.45) is 0 Å². The highest BCUT2D eigenvalue weighted by atomic mass is 16.5. The van der Waals surface area contributed by atoms with Crippen molar-refractivity contribution in [3.63, 3.8) is 0 Å². The van der Waals surface area contributed by atoms with Crippen LogP contribution in [0.4, 0.5) is 5.82 Å². The molecule has 0 saturated carbocycles. The summed E-state index contributed by atoms with van der Waals surface area (Å²) in [6.07, 6.45) is 3.71. The molecule has 8 nitrogen and oxygen atoms in total. The molecule has 1 atom stereocenters. The number of nitriles is 1. The van der Waals surface area contributed by atoms with Gasteiger partial charge in [0.1, 0.15) is 36.1 Å². The van der Waals surface area contributed by atoms with Crippen LogP contribution >= 0.6 is 0 Å². The van der Waals surface area contributed by atoms with Crippen LogP contribution in [-0.2, 0) is 4.74 Å². The molecule has 1 N–H and O–H groups in total. The number of methoxy groups -OCH3 is 1. The second-order valence-electron chi connectivity index (χ2n) is 9.30. The molecule has 4 rings (SSSR count). The average Bonchev–Trinajstić information content (AvgIpc) is 3.46. The lowest BCUT2D eigenvalue weighted by atomic mass is 10.1. The molecule has 1 amide bonds. The first-order chi connectivity index (χ1) is 19.0. The molecule has 39 heavy (non-hydrogen) atoms. The number of carbonyl (C=O) groups excluding carboxylic acids is 1. The minimum atomic E-state index is -0.367. The molecular weight excluding hydrogens is 492 g/mol. The summed E-state index contributed by atoms with van der Waals surface area (Å²) < 4.78 is 17.1. The summed E-state index contributed by atoms with van der Waals surface area (Å²) in [6, 6.07) is 18.0. The Labute approximate surface area is 229 Å². The fraction of sp³-hybridized carbons (Fsp3) is 0.323. The Balaban J connectivity index is 1.50. The number of carbonyl (C=O) groups is 1. The van der Waals surface area contributed by atoms with E-state index < -0.39 is 0 Å². The summed E-state index contributed by atoms with van der Waals surface area (Å²) in [4.78, 5) is 19.6. The third-order valence-corrected chi connectivity index (χ3v) is 6.10. The molecule has 0 spiro atoms. The highest BCUT2D eigenvalue weighted by Gasteiger charge is 2.13. The van der Waals surface area contributed by atoms with Crippen LogP contribution in [0.15, 0.2) is 60.8 Å². The molecule has 1 aromatic heterocycles. The SMILES string of the molecule is COC[C@H](C)Oc1cc(C#Cc2cccc(OCCN3CCCC3)c2)cc(C(=O)Nc2ccc(C#N)cn2)c1. The number of aromatic nitrogens is 1. The molecule has 1 fully saturated rings. The fourth-order valence-electron chi connectivity index (χ4n) is 4.20. The number of hydrogen-bond acceptors (Lipinski definition) is 7. The van der Waals surface area contributed by atoms with E-state index in [1.807, 2.05) is 37.3 Å². The third-order valence-electron chi connectivity index (χ3n) is 6.10. The second kappa shape index (κ2) is 14.0. The van der Waals surface area contributed by atoms with E-state index in [2.05, 4.69) is 27.0 Å². The first kappa shape index (κ1) is 27.7. The van der Waals surface area contributed by atoms with Crippen LogP contribution in [0.25, 0.3) is 0 Å². The van der Waals surface area contributed by atoms with E-state index in [4.69, 9.17) is 19.5 Å². The lowest BCUT2D eigenvalue weighted by Crippen LogP contribution is -2.25. The largest absolute Gasteiger partial charge is 0.492 e. The number of hydrogen-bond donors (Lipinski definition) is 1.